The van der Waals surface area contributed by atoms with Crippen molar-refractivity contribution in [2.75, 3.05) is 7.11 Å². The minimum Gasteiger partial charge on any atom is -0.466 e. The Hall–Kier alpha value is -3.39. The molecule has 1 aromatic heterocycles. The summed E-state index contributed by atoms with van der Waals surface area (Å²) >= 11 is 1.46. The van der Waals surface area contributed by atoms with Crippen LogP contribution in [-0.4, -0.2) is 34.0 Å². The van der Waals surface area contributed by atoms with Crippen LogP contribution >= 0.6 is 11.8 Å². The number of aliphatic imine (C=N–C) groups is 1. The standard InChI is InChI=1S/C24H24N4O3S/c1-15-8-4-5-10-19(15)22-21(23(30)31-3)16(2)27-24-28(22)18(14-32-24)12-20(29)26-13-17-9-6-7-11-25-17/h4-11,14,22H,12-13H2,1-3H3,(H,26,29)/t22-/m1/s1. The highest BCUT2D eigenvalue weighted by molar-refractivity contribution is 8.16. The van der Waals surface area contributed by atoms with E-state index in [0.29, 0.717) is 17.8 Å². The summed E-state index contributed by atoms with van der Waals surface area (Å²) < 4.78 is 5.10. The smallest absolute Gasteiger partial charge is 0.338 e. The number of fused-ring (bicyclic) bond motifs is 1. The molecule has 0 aliphatic carbocycles. The Morgan fingerprint density at radius 3 is 2.66 bits per heavy atom. The fourth-order valence-electron chi connectivity index (χ4n) is 3.85. The van der Waals surface area contributed by atoms with Crippen LogP contribution in [0, 0.1) is 6.92 Å². The van der Waals surface area contributed by atoms with Gasteiger partial charge in [0.25, 0.3) is 0 Å². The number of aromatic nitrogens is 1. The van der Waals surface area contributed by atoms with Crippen molar-refractivity contribution in [2.24, 2.45) is 4.99 Å². The van der Waals surface area contributed by atoms with Gasteiger partial charge in [0.05, 0.1) is 43.1 Å². The number of nitrogens with one attached hydrogen (secondary N) is 1. The van der Waals surface area contributed by atoms with Crippen molar-refractivity contribution in [2.45, 2.75) is 32.9 Å². The van der Waals surface area contributed by atoms with Crippen LogP contribution in [0.4, 0.5) is 0 Å². The molecule has 2 aliphatic rings. The van der Waals surface area contributed by atoms with Gasteiger partial charge in [0.2, 0.25) is 5.91 Å². The zero-order valence-corrected chi connectivity index (χ0v) is 19.0. The minimum atomic E-state index is -0.422. The van der Waals surface area contributed by atoms with Crippen LogP contribution in [0.3, 0.4) is 0 Å². The SMILES string of the molecule is COC(=O)C1=C(C)N=C2SC=C(CC(=O)NCc3ccccn3)N2[C@@H]1c1ccccc1C. The summed E-state index contributed by atoms with van der Waals surface area (Å²) in [7, 11) is 1.37. The molecule has 8 heteroatoms. The van der Waals surface area contributed by atoms with Crippen molar-refractivity contribution in [3.63, 3.8) is 0 Å². The summed E-state index contributed by atoms with van der Waals surface area (Å²) in [5.74, 6) is -0.549. The molecule has 0 fully saturated rings. The number of carbonyl (C=O) groups excluding carboxylic acids is 2. The van der Waals surface area contributed by atoms with E-state index in [2.05, 4.69) is 15.3 Å². The summed E-state index contributed by atoms with van der Waals surface area (Å²) in [5.41, 5.74) is 4.70. The van der Waals surface area contributed by atoms with E-state index in [1.807, 2.05) is 66.6 Å². The number of hydrogen-bond donors (Lipinski definition) is 1. The largest absolute Gasteiger partial charge is 0.466 e. The molecule has 0 bridgehead atoms. The van der Waals surface area contributed by atoms with Gasteiger partial charge in [-0.3, -0.25) is 9.78 Å². The predicted octanol–water partition coefficient (Wildman–Crippen LogP) is 3.84. The molecule has 0 unspecified atom stereocenters. The molecule has 32 heavy (non-hydrogen) atoms. The molecule has 7 nitrogen and oxygen atoms in total. The van der Waals surface area contributed by atoms with E-state index in [4.69, 9.17) is 4.74 Å². The van der Waals surface area contributed by atoms with Crippen LogP contribution in [0.2, 0.25) is 0 Å². The van der Waals surface area contributed by atoms with Crippen molar-refractivity contribution in [3.05, 3.63) is 87.9 Å². The zero-order valence-electron chi connectivity index (χ0n) is 18.2. The number of hydrogen-bond acceptors (Lipinski definition) is 7. The van der Waals surface area contributed by atoms with E-state index in [0.717, 1.165) is 27.7 Å². The van der Waals surface area contributed by atoms with Crippen molar-refractivity contribution >= 4 is 28.8 Å². The number of aryl methyl sites for hydroxylation is 1. The number of pyridine rings is 1. The second-order valence-electron chi connectivity index (χ2n) is 7.52. The van der Waals surface area contributed by atoms with E-state index in [1.54, 1.807) is 6.20 Å². The average molecular weight is 449 g/mol. The van der Waals surface area contributed by atoms with E-state index >= 15 is 0 Å². The maximum Gasteiger partial charge on any atom is 0.338 e. The van der Waals surface area contributed by atoms with Gasteiger partial charge in [-0.15, -0.1) is 0 Å². The number of carbonyl (C=O) groups is 2. The molecule has 4 rings (SSSR count). The number of nitrogens with zero attached hydrogens (tertiary/aromatic N) is 3. The number of thioether (sulfide) groups is 1. The molecule has 0 radical (unpaired) electrons. The highest BCUT2D eigenvalue weighted by Gasteiger charge is 2.41. The summed E-state index contributed by atoms with van der Waals surface area (Å²) in [5, 5.41) is 5.59. The van der Waals surface area contributed by atoms with Gasteiger partial charge in [0.1, 0.15) is 0 Å². The van der Waals surface area contributed by atoms with Gasteiger partial charge in [-0.2, -0.15) is 0 Å². The number of amides is 1. The number of esters is 1. The van der Waals surface area contributed by atoms with Crippen LogP contribution in [0.25, 0.3) is 0 Å². The lowest BCUT2D eigenvalue weighted by Gasteiger charge is -2.36. The first-order chi connectivity index (χ1) is 15.5. The van der Waals surface area contributed by atoms with Crippen LogP contribution in [0.15, 0.2) is 76.0 Å². The Kier molecular flexibility index (Phi) is 6.41. The third kappa shape index (κ3) is 4.31. The molecular weight excluding hydrogens is 424 g/mol. The normalized spacial score (nSPS) is 17.5. The number of methoxy groups -OCH3 is 1. The predicted molar refractivity (Wildman–Crippen MR) is 124 cm³/mol. The Bertz CT molecular complexity index is 1140. The third-order valence-corrected chi connectivity index (χ3v) is 6.31. The molecule has 1 aromatic carbocycles. The molecule has 164 valence electrons. The van der Waals surface area contributed by atoms with Crippen molar-refractivity contribution in [1.82, 2.24) is 15.2 Å². The van der Waals surface area contributed by atoms with Crippen LogP contribution in [0.1, 0.15) is 36.2 Å². The topological polar surface area (TPSA) is 83.9 Å². The molecule has 2 aromatic rings. The number of amidine groups is 1. The van der Waals surface area contributed by atoms with E-state index < -0.39 is 12.0 Å². The second kappa shape index (κ2) is 9.40. The molecule has 1 N–H and O–H groups in total. The van der Waals surface area contributed by atoms with Crippen LogP contribution in [0.5, 0.6) is 0 Å². The van der Waals surface area contributed by atoms with Crippen molar-refractivity contribution in [3.8, 4) is 0 Å². The van der Waals surface area contributed by atoms with Gasteiger partial charge in [0.15, 0.2) is 5.17 Å². The first-order valence-corrected chi connectivity index (χ1v) is 11.1. The number of ether oxygens (including phenoxy) is 1. The van der Waals surface area contributed by atoms with Gasteiger partial charge in [0, 0.05) is 11.9 Å². The Labute approximate surface area is 191 Å². The van der Waals surface area contributed by atoms with Gasteiger partial charge in [-0.05, 0) is 42.5 Å². The Morgan fingerprint density at radius 2 is 1.94 bits per heavy atom. The van der Waals surface area contributed by atoms with E-state index in [9.17, 15) is 9.59 Å². The summed E-state index contributed by atoms with van der Waals surface area (Å²) in [6, 6.07) is 13.1. The van der Waals surface area contributed by atoms with Crippen molar-refractivity contribution < 1.29 is 14.3 Å². The lowest BCUT2D eigenvalue weighted by Crippen LogP contribution is -2.38. The highest BCUT2D eigenvalue weighted by Crippen LogP contribution is 2.45. The lowest BCUT2D eigenvalue weighted by molar-refractivity contribution is -0.136. The maximum atomic E-state index is 12.8. The quantitative estimate of drug-likeness (QED) is 0.676. The molecular formula is C24H24N4O3S. The molecule has 0 spiro atoms. The monoisotopic (exact) mass is 448 g/mol. The van der Waals surface area contributed by atoms with E-state index in [-0.39, 0.29) is 12.3 Å². The molecule has 0 saturated heterocycles. The van der Waals surface area contributed by atoms with Crippen molar-refractivity contribution in [1.29, 1.82) is 0 Å². The first-order valence-electron chi connectivity index (χ1n) is 10.2. The Morgan fingerprint density at radius 1 is 1.16 bits per heavy atom. The first kappa shape index (κ1) is 21.8. The second-order valence-corrected chi connectivity index (χ2v) is 8.35. The summed E-state index contributed by atoms with van der Waals surface area (Å²) in [6.07, 6.45) is 1.86. The molecule has 1 atom stereocenters. The minimum absolute atomic E-state index is 0.127. The third-order valence-electron chi connectivity index (χ3n) is 5.42. The molecule has 3 heterocycles. The fraction of sp³-hybridized carbons (Fsp3) is 0.250. The average Bonchev–Trinajstić information content (AvgIpc) is 3.19. The van der Waals surface area contributed by atoms with Crippen LogP contribution < -0.4 is 5.32 Å². The Balaban J connectivity index is 1.62. The molecule has 1 amide bonds. The fourth-order valence-corrected chi connectivity index (χ4v) is 4.81. The number of rotatable bonds is 6. The molecule has 2 aliphatic heterocycles. The number of benzene rings is 1. The van der Waals surface area contributed by atoms with Gasteiger partial charge >= 0.3 is 5.97 Å². The highest BCUT2D eigenvalue weighted by atomic mass is 32.2. The van der Waals surface area contributed by atoms with Gasteiger partial charge in [-0.1, -0.05) is 42.1 Å². The summed E-state index contributed by atoms with van der Waals surface area (Å²) in [6.45, 7) is 4.19. The van der Waals surface area contributed by atoms with Gasteiger partial charge < -0.3 is 15.0 Å². The van der Waals surface area contributed by atoms with Gasteiger partial charge in [-0.25, -0.2) is 9.79 Å². The van der Waals surface area contributed by atoms with Crippen LogP contribution in [-0.2, 0) is 20.9 Å². The lowest BCUT2D eigenvalue weighted by atomic mass is 9.91. The summed E-state index contributed by atoms with van der Waals surface area (Å²) in [4.78, 5) is 36.4. The molecule has 0 saturated carbocycles. The number of allylic oxidation sites excluding steroid dienone is 1. The van der Waals surface area contributed by atoms with E-state index in [1.165, 1.54) is 18.9 Å². The maximum absolute atomic E-state index is 12.8. The zero-order chi connectivity index (χ0) is 22.7.